The number of nitrogens with zero attached hydrogens (tertiary/aromatic N) is 3. The van der Waals surface area contributed by atoms with Crippen LogP contribution in [0.1, 0.15) is 5.56 Å². The van der Waals surface area contributed by atoms with E-state index in [0.29, 0.717) is 16.9 Å². The molecule has 0 bridgehead atoms. The standard InChI is InChI=1S/C48H26F3N3S2/c49-48(50,51)36-20-17-27(53-37-13-5-1-11-32(37)44-40(53)21-18-30-28-9-3-7-15-42(28)55-46(30)44)25-34(36)35-26-52-24-23-39(35)54-38-14-6-2-12-33(38)45-41(54)22-19-31-29-10-4-8-16-43(29)56-47(31)45/h1-26H. The second kappa shape index (κ2) is 11.5. The molecule has 0 N–H and O–H groups in total. The van der Waals surface area contributed by atoms with E-state index in [4.69, 9.17) is 0 Å². The van der Waals surface area contributed by atoms with Crippen LogP contribution >= 0.6 is 22.7 Å². The Kier molecular flexibility index (Phi) is 6.55. The minimum atomic E-state index is -4.62. The summed E-state index contributed by atoms with van der Waals surface area (Å²) in [6.07, 6.45) is -1.37. The van der Waals surface area contributed by atoms with Crippen molar-refractivity contribution in [3.05, 3.63) is 164 Å². The molecule has 0 fully saturated rings. The second-order valence-corrected chi connectivity index (χ2v) is 16.3. The van der Waals surface area contributed by atoms with Crippen LogP contribution in [0.4, 0.5) is 13.2 Å². The minimum absolute atomic E-state index is 0.0702. The van der Waals surface area contributed by atoms with Crippen LogP contribution < -0.4 is 0 Å². The maximum atomic E-state index is 15.2. The molecule has 0 radical (unpaired) electrons. The Morgan fingerprint density at radius 1 is 0.464 bits per heavy atom. The molecular formula is C48H26F3N3S2. The van der Waals surface area contributed by atoms with E-state index in [9.17, 15) is 0 Å². The van der Waals surface area contributed by atoms with Gasteiger partial charge in [0, 0.05) is 85.5 Å². The fraction of sp³-hybridized carbons (Fsp3) is 0.0208. The van der Waals surface area contributed by atoms with Crippen LogP contribution in [-0.4, -0.2) is 14.1 Å². The van der Waals surface area contributed by atoms with Crippen LogP contribution in [0.2, 0.25) is 0 Å². The summed E-state index contributed by atoms with van der Waals surface area (Å²) in [6.45, 7) is 0. The van der Waals surface area contributed by atoms with Gasteiger partial charge in [-0.25, -0.2) is 0 Å². The van der Waals surface area contributed by atoms with Gasteiger partial charge in [-0.05, 0) is 66.2 Å². The van der Waals surface area contributed by atoms with Gasteiger partial charge in [0.05, 0.1) is 33.3 Å². The van der Waals surface area contributed by atoms with Crippen molar-refractivity contribution in [2.45, 2.75) is 6.18 Å². The fourth-order valence-electron chi connectivity index (χ4n) is 8.94. The van der Waals surface area contributed by atoms with Gasteiger partial charge in [-0.15, -0.1) is 22.7 Å². The van der Waals surface area contributed by atoms with E-state index in [1.165, 1.54) is 41.7 Å². The van der Waals surface area contributed by atoms with Gasteiger partial charge in [0.1, 0.15) is 0 Å². The van der Waals surface area contributed by atoms with Crippen molar-refractivity contribution in [1.82, 2.24) is 14.1 Å². The Hall–Kier alpha value is -6.48. The molecule has 12 aromatic rings. The number of benzene rings is 7. The predicted molar refractivity (Wildman–Crippen MR) is 229 cm³/mol. The third-order valence-corrected chi connectivity index (χ3v) is 13.7. The Morgan fingerprint density at radius 3 is 1.61 bits per heavy atom. The lowest BCUT2D eigenvalue weighted by Crippen LogP contribution is -2.09. The van der Waals surface area contributed by atoms with Crippen LogP contribution in [0.5, 0.6) is 0 Å². The van der Waals surface area contributed by atoms with Gasteiger partial charge in [-0.3, -0.25) is 4.98 Å². The van der Waals surface area contributed by atoms with Gasteiger partial charge in [-0.1, -0.05) is 84.9 Å². The summed E-state index contributed by atoms with van der Waals surface area (Å²) in [7, 11) is 0. The lowest BCUT2D eigenvalue weighted by Gasteiger charge is -2.19. The van der Waals surface area contributed by atoms with Crippen molar-refractivity contribution < 1.29 is 13.2 Å². The maximum absolute atomic E-state index is 15.2. The zero-order valence-electron chi connectivity index (χ0n) is 29.3. The Balaban J connectivity index is 1.15. The Bertz CT molecular complexity index is 3600. The molecule has 0 aliphatic carbocycles. The molecule has 0 aliphatic heterocycles. The van der Waals surface area contributed by atoms with E-state index in [1.807, 2.05) is 42.5 Å². The topological polar surface area (TPSA) is 22.8 Å². The van der Waals surface area contributed by atoms with Gasteiger partial charge < -0.3 is 9.13 Å². The van der Waals surface area contributed by atoms with E-state index >= 15 is 13.2 Å². The van der Waals surface area contributed by atoms with Gasteiger partial charge in [0.2, 0.25) is 0 Å². The third-order valence-electron chi connectivity index (χ3n) is 11.3. The number of para-hydroxylation sites is 2. The zero-order valence-corrected chi connectivity index (χ0v) is 30.9. The number of rotatable bonds is 3. The fourth-order valence-corrected chi connectivity index (χ4v) is 11.5. The highest BCUT2D eigenvalue weighted by molar-refractivity contribution is 7.27. The van der Waals surface area contributed by atoms with E-state index in [1.54, 1.807) is 47.2 Å². The van der Waals surface area contributed by atoms with Gasteiger partial charge >= 0.3 is 6.18 Å². The first kappa shape index (κ1) is 31.8. The number of aromatic nitrogens is 3. The van der Waals surface area contributed by atoms with Crippen LogP contribution in [0.15, 0.2) is 158 Å². The van der Waals surface area contributed by atoms with Crippen LogP contribution in [0.25, 0.3) is 106 Å². The van der Waals surface area contributed by atoms with Gasteiger partial charge in [0.25, 0.3) is 0 Å². The van der Waals surface area contributed by atoms with Gasteiger partial charge in [-0.2, -0.15) is 13.2 Å². The number of alkyl halides is 3. The highest BCUT2D eigenvalue weighted by Crippen LogP contribution is 2.47. The number of pyridine rings is 1. The maximum Gasteiger partial charge on any atom is 0.417 e. The first-order chi connectivity index (χ1) is 27.4. The van der Waals surface area contributed by atoms with E-state index < -0.39 is 11.7 Å². The Labute approximate surface area is 324 Å². The second-order valence-electron chi connectivity index (χ2n) is 14.2. The molecule has 0 saturated heterocycles. The van der Waals surface area contributed by atoms with Crippen molar-refractivity contribution in [1.29, 1.82) is 0 Å². The number of thiophene rings is 2. The average Bonchev–Trinajstić information content (AvgIpc) is 3.97. The summed E-state index contributed by atoms with van der Waals surface area (Å²) in [4.78, 5) is 4.46. The molecule has 0 saturated carbocycles. The number of fused-ring (bicyclic) bond motifs is 14. The summed E-state index contributed by atoms with van der Waals surface area (Å²) in [5, 5.41) is 9.03. The molecule has 3 nitrogen and oxygen atoms in total. The lowest BCUT2D eigenvalue weighted by atomic mass is 9.98. The van der Waals surface area contributed by atoms with Crippen molar-refractivity contribution in [2.24, 2.45) is 0 Å². The van der Waals surface area contributed by atoms with E-state index in [2.05, 4.69) is 99.0 Å². The normalized spacial score (nSPS) is 12.6. The highest BCUT2D eigenvalue weighted by atomic mass is 32.1. The highest BCUT2D eigenvalue weighted by Gasteiger charge is 2.35. The molecule has 5 heterocycles. The third kappa shape index (κ3) is 4.36. The quantitative estimate of drug-likeness (QED) is 0.176. The molecule has 266 valence electrons. The first-order valence-corrected chi connectivity index (χ1v) is 19.9. The molecule has 0 atom stereocenters. The molecule has 0 spiro atoms. The smallest absolute Gasteiger partial charge is 0.309 e. The van der Waals surface area contributed by atoms with Crippen LogP contribution in [0.3, 0.4) is 0 Å². The lowest BCUT2D eigenvalue weighted by molar-refractivity contribution is -0.137. The zero-order chi connectivity index (χ0) is 37.3. The van der Waals surface area contributed by atoms with Crippen molar-refractivity contribution in [3.8, 4) is 22.5 Å². The molecule has 0 aliphatic rings. The molecular weight excluding hydrogens is 740 g/mol. The molecule has 7 aromatic carbocycles. The number of halogens is 3. The number of hydrogen-bond acceptors (Lipinski definition) is 3. The monoisotopic (exact) mass is 765 g/mol. The summed E-state index contributed by atoms with van der Waals surface area (Å²) in [6, 6.07) is 48.0. The van der Waals surface area contributed by atoms with Crippen molar-refractivity contribution in [2.75, 3.05) is 0 Å². The largest absolute Gasteiger partial charge is 0.417 e. The molecule has 56 heavy (non-hydrogen) atoms. The summed E-state index contributed by atoms with van der Waals surface area (Å²) in [5.74, 6) is 0. The van der Waals surface area contributed by atoms with Crippen molar-refractivity contribution >= 4 is 107 Å². The molecule has 0 unspecified atom stereocenters. The molecule has 12 rings (SSSR count). The first-order valence-electron chi connectivity index (χ1n) is 18.3. The predicted octanol–water partition coefficient (Wildman–Crippen LogP) is 14.7. The van der Waals surface area contributed by atoms with Gasteiger partial charge in [0.15, 0.2) is 0 Å². The molecule has 8 heteroatoms. The molecule has 5 aromatic heterocycles. The van der Waals surface area contributed by atoms with E-state index in [-0.39, 0.29) is 5.56 Å². The number of hydrogen-bond donors (Lipinski definition) is 0. The van der Waals surface area contributed by atoms with Crippen LogP contribution in [0, 0.1) is 0 Å². The summed E-state index contributed by atoms with van der Waals surface area (Å²) in [5.41, 5.74) is 4.74. The Morgan fingerprint density at radius 2 is 1.00 bits per heavy atom. The summed E-state index contributed by atoms with van der Waals surface area (Å²) >= 11 is 3.50. The summed E-state index contributed by atoms with van der Waals surface area (Å²) < 4.78 is 54.6. The van der Waals surface area contributed by atoms with Crippen molar-refractivity contribution in [3.63, 3.8) is 0 Å². The minimum Gasteiger partial charge on any atom is -0.309 e. The SMILES string of the molecule is FC(F)(F)c1ccc(-n2c3ccccc3c3c4sc5ccccc5c4ccc32)cc1-c1cnccc1-n1c2ccccc2c2c3sc4ccccc4c3ccc21. The van der Waals surface area contributed by atoms with Crippen LogP contribution in [-0.2, 0) is 6.18 Å². The molecule has 0 amide bonds. The van der Waals surface area contributed by atoms with E-state index in [0.717, 1.165) is 48.3 Å². The average molecular weight is 766 g/mol.